The Labute approximate surface area is 91.5 Å². The Hall–Kier alpha value is -1.02. The molecule has 82 valence electrons. The second-order valence-corrected chi connectivity index (χ2v) is 4.24. The molecule has 1 aromatic carbocycles. The van der Waals surface area contributed by atoms with Gasteiger partial charge >= 0.3 is 0 Å². The molecule has 0 atom stereocenters. The Bertz CT molecular complexity index is 299. The van der Waals surface area contributed by atoms with Crippen LogP contribution in [0.25, 0.3) is 0 Å². The van der Waals surface area contributed by atoms with E-state index in [2.05, 4.69) is 36.1 Å². The van der Waals surface area contributed by atoms with Gasteiger partial charge in [-0.15, -0.1) is 0 Å². The van der Waals surface area contributed by atoms with Crippen molar-refractivity contribution in [1.82, 2.24) is 0 Å². The summed E-state index contributed by atoms with van der Waals surface area (Å²) >= 11 is 0. The SMILES string of the molecule is CCc1ccc(N2CCC(O)CC2)cc1. The minimum absolute atomic E-state index is 0.0869. The van der Waals surface area contributed by atoms with E-state index in [0.717, 1.165) is 32.4 Å². The molecule has 0 amide bonds. The second kappa shape index (κ2) is 4.67. The van der Waals surface area contributed by atoms with Crippen molar-refractivity contribution in [2.45, 2.75) is 32.3 Å². The highest BCUT2D eigenvalue weighted by Crippen LogP contribution is 2.20. The lowest BCUT2D eigenvalue weighted by atomic mass is 10.1. The van der Waals surface area contributed by atoms with Crippen LogP contribution in [0.3, 0.4) is 0 Å². The number of hydrogen-bond acceptors (Lipinski definition) is 2. The molecule has 0 saturated carbocycles. The third-order valence-corrected chi connectivity index (χ3v) is 3.17. The molecule has 1 aromatic rings. The molecule has 0 unspecified atom stereocenters. The topological polar surface area (TPSA) is 23.5 Å². The van der Waals surface area contributed by atoms with Gasteiger partial charge in [0, 0.05) is 18.8 Å². The molecule has 0 bridgehead atoms. The lowest BCUT2D eigenvalue weighted by molar-refractivity contribution is 0.145. The Morgan fingerprint density at radius 2 is 1.80 bits per heavy atom. The minimum Gasteiger partial charge on any atom is -0.393 e. The molecule has 0 radical (unpaired) electrons. The van der Waals surface area contributed by atoms with Crippen molar-refractivity contribution < 1.29 is 5.11 Å². The van der Waals surface area contributed by atoms with Gasteiger partial charge in [0.2, 0.25) is 0 Å². The predicted octanol–water partition coefficient (Wildman–Crippen LogP) is 2.21. The molecule has 0 spiro atoms. The van der Waals surface area contributed by atoms with Gasteiger partial charge in [-0.2, -0.15) is 0 Å². The molecule has 1 N–H and O–H groups in total. The zero-order valence-electron chi connectivity index (χ0n) is 9.32. The summed E-state index contributed by atoms with van der Waals surface area (Å²) < 4.78 is 0. The van der Waals surface area contributed by atoms with Gasteiger partial charge in [0.25, 0.3) is 0 Å². The van der Waals surface area contributed by atoms with E-state index in [1.807, 2.05) is 0 Å². The van der Waals surface area contributed by atoms with Crippen LogP contribution in [0.15, 0.2) is 24.3 Å². The standard InChI is InChI=1S/C13H19NO/c1-2-11-3-5-12(6-4-11)14-9-7-13(15)8-10-14/h3-6,13,15H,2,7-10H2,1H3. The molecule has 0 aromatic heterocycles. The molecular weight excluding hydrogens is 186 g/mol. The first-order valence-corrected chi connectivity index (χ1v) is 5.81. The highest BCUT2D eigenvalue weighted by Gasteiger charge is 2.16. The average molecular weight is 205 g/mol. The monoisotopic (exact) mass is 205 g/mol. The summed E-state index contributed by atoms with van der Waals surface area (Å²) in [5.41, 5.74) is 2.68. The summed E-state index contributed by atoms with van der Waals surface area (Å²) in [5, 5.41) is 9.43. The number of nitrogens with zero attached hydrogens (tertiary/aromatic N) is 1. The Balaban J connectivity index is 2.03. The van der Waals surface area contributed by atoms with Gasteiger partial charge in [-0.1, -0.05) is 19.1 Å². The Kier molecular flexibility index (Phi) is 3.27. The number of piperidine rings is 1. The largest absolute Gasteiger partial charge is 0.393 e. The maximum atomic E-state index is 9.43. The van der Waals surface area contributed by atoms with Crippen LogP contribution in [-0.2, 0) is 6.42 Å². The van der Waals surface area contributed by atoms with Gasteiger partial charge in [-0.25, -0.2) is 0 Å². The van der Waals surface area contributed by atoms with Crippen LogP contribution in [0.2, 0.25) is 0 Å². The van der Waals surface area contributed by atoms with Crippen LogP contribution >= 0.6 is 0 Å². The molecule has 1 aliphatic heterocycles. The van der Waals surface area contributed by atoms with E-state index >= 15 is 0 Å². The van der Waals surface area contributed by atoms with Gasteiger partial charge in [0.15, 0.2) is 0 Å². The normalized spacial score (nSPS) is 18.1. The van der Waals surface area contributed by atoms with E-state index < -0.39 is 0 Å². The zero-order valence-corrected chi connectivity index (χ0v) is 9.32. The number of aliphatic hydroxyl groups excluding tert-OH is 1. The van der Waals surface area contributed by atoms with E-state index in [1.165, 1.54) is 11.3 Å². The van der Waals surface area contributed by atoms with Gasteiger partial charge in [-0.05, 0) is 37.0 Å². The lowest BCUT2D eigenvalue weighted by Crippen LogP contribution is -2.35. The molecular formula is C13H19NO. The Morgan fingerprint density at radius 3 is 2.33 bits per heavy atom. The summed E-state index contributed by atoms with van der Waals surface area (Å²) in [6, 6.07) is 8.77. The van der Waals surface area contributed by atoms with E-state index in [4.69, 9.17) is 0 Å². The molecule has 15 heavy (non-hydrogen) atoms. The van der Waals surface area contributed by atoms with Crippen molar-refractivity contribution in [3.05, 3.63) is 29.8 Å². The fourth-order valence-electron chi connectivity index (χ4n) is 2.07. The van der Waals surface area contributed by atoms with Crippen molar-refractivity contribution in [3.8, 4) is 0 Å². The molecule has 2 rings (SSSR count). The number of hydrogen-bond donors (Lipinski definition) is 1. The zero-order chi connectivity index (χ0) is 10.7. The molecule has 1 fully saturated rings. The number of anilines is 1. The van der Waals surface area contributed by atoms with E-state index in [1.54, 1.807) is 0 Å². The van der Waals surface area contributed by atoms with Crippen molar-refractivity contribution in [3.63, 3.8) is 0 Å². The minimum atomic E-state index is -0.0869. The number of aryl methyl sites for hydroxylation is 1. The highest BCUT2D eigenvalue weighted by molar-refractivity contribution is 5.47. The summed E-state index contributed by atoms with van der Waals surface area (Å²) in [6.45, 7) is 4.13. The van der Waals surface area contributed by atoms with Gasteiger partial charge in [0.1, 0.15) is 0 Å². The Morgan fingerprint density at radius 1 is 1.20 bits per heavy atom. The molecule has 1 heterocycles. The first-order valence-electron chi connectivity index (χ1n) is 5.81. The second-order valence-electron chi connectivity index (χ2n) is 4.24. The third-order valence-electron chi connectivity index (χ3n) is 3.17. The summed E-state index contributed by atoms with van der Waals surface area (Å²) in [6.07, 6.45) is 2.81. The van der Waals surface area contributed by atoms with E-state index in [9.17, 15) is 5.11 Å². The number of benzene rings is 1. The maximum absolute atomic E-state index is 9.43. The highest BCUT2D eigenvalue weighted by atomic mass is 16.3. The van der Waals surface area contributed by atoms with E-state index in [0.29, 0.717) is 0 Å². The van der Waals surface area contributed by atoms with Gasteiger partial charge in [0.05, 0.1) is 6.10 Å². The summed E-state index contributed by atoms with van der Waals surface area (Å²) in [7, 11) is 0. The fourth-order valence-corrected chi connectivity index (χ4v) is 2.07. The molecule has 0 aliphatic carbocycles. The van der Waals surface area contributed by atoms with Gasteiger partial charge < -0.3 is 10.0 Å². The smallest absolute Gasteiger partial charge is 0.0574 e. The van der Waals surface area contributed by atoms with Crippen molar-refractivity contribution >= 4 is 5.69 Å². The summed E-state index contributed by atoms with van der Waals surface area (Å²) in [5.74, 6) is 0. The van der Waals surface area contributed by atoms with Crippen LogP contribution < -0.4 is 4.90 Å². The van der Waals surface area contributed by atoms with Crippen LogP contribution in [0, 0.1) is 0 Å². The van der Waals surface area contributed by atoms with E-state index in [-0.39, 0.29) is 6.10 Å². The van der Waals surface area contributed by atoms with Crippen LogP contribution in [0.5, 0.6) is 0 Å². The van der Waals surface area contributed by atoms with Crippen molar-refractivity contribution in [1.29, 1.82) is 0 Å². The number of rotatable bonds is 2. The van der Waals surface area contributed by atoms with Crippen molar-refractivity contribution in [2.24, 2.45) is 0 Å². The first-order chi connectivity index (χ1) is 7.29. The molecule has 2 nitrogen and oxygen atoms in total. The van der Waals surface area contributed by atoms with Crippen molar-refractivity contribution in [2.75, 3.05) is 18.0 Å². The van der Waals surface area contributed by atoms with Crippen LogP contribution in [0.1, 0.15) is 25.3 Å². The molecule has 2 heteroatoms. The first kappa shape index (κ1) is 10.5. The molecule has 1 saturated heterocycles. The van der Waals surface area contributed by atoms with Gasteiger partial charge in [-0.3, -0.25) is 0 Å². The van der Waals surface area contributed by atoms with Crippen LogP contribution in [-0.4, -0.2) is 24.3 Å². The fraction of sp³-hybridized carbons (Fsp3) is 0.538. The third kappa shape index (κ3) is 2.51. The predicted molar refractivity (Wildman–Crippen MR) is 63.3 cm³/mol. The summed E-state index contributed by atoms with van der Waals surface area (Å²) in [4.78, 5) is 2.35. The van der Waals surface area contributed by atoms with Crippen LogP contribution in [0.4, 0.5) is 5.69 Å². The quantitative estimate of drug-likeness (QED) is 0.800. The number of aliphatic hydroxyl groups is 1. The lowest BCUT2D eigenvalue weighted by Gasteiger charge is -2.31. The maximum Gasteiger partial charge on any atom is 0.0574 e. The molecule has 1 aliphatic rings. The average Bonchev–Trinajstić information content (AvgIpc) is 2.30.